The second kappa shape index (κ2) is 7.93. The van der Waals surface area contributed by atoms with E-state index in [0.717, 1.165) is 0 Å². The van der Waals surface area contributed by atoms with Gasteiger partial charge in [0.25, 0.3) is 5.91 Å². The lowest BCUT2D eigenvalue weighted by Crippen LogP contribution is -2.71. The van der Waals surface area contributed by atoms with Crippen molar-refractivity contribution in [2.75, 3.05) is 28.3 Å². The van der Waals surface area contributed by atoms with Crippen molar-refractivity contribution in [1.82, 2.24) is 4.90 Å². The maximum Gasteiger partial charge on any atom is 0.255 e. The van der Waals surface area contributed by atoms with E-state index >= 15 is 0 Å². The number of rotatable bonds is 4. The van der Waals surface area contributed by atoms with E-state index in [4.69, 9.17) is 15.2 Å². The summed E-state index contributed by atoms with van der Waals surface area (Å²) in [6.07, 6.45) is -0.909. The van der Waals surface area contributed by atoms with Gasteiger partial charge in [0.2, 0.25) is 5.78 Å². The molecule has 1 saturated carbocycles. The van der Waals surface area contributed by atoms with Crippen LogP contribution in [0.5, 0.6) is 5.75 Å². The zero-order valence-electron chi connectivity index (χ0n) is 19.5. The van der Waals surface area contributed by atoms with Gasteiger partial charge >= 0.3 is 0 Å². The third-order valence-electron chi connectivity index (χ3n) is 7.53. The van der Waals surface area contributed by atoms with E-state index < -0.39 is 70.1 Å². The number of Topliss-reactive ketones (excluding diaryl/α,β-unsaturated/α-hetero) is 2. The molecule has 10 heteroatoms. The molecule has 0 unspecified atom stereocenters. The van der Waals surface area contributed by atoms with Gasteiger partial charge in [-0.25, -0.2) is 0 Å². The minimum absolute atomic E-state index is 0.101. The van der Waals surface area contributed by atoms with Crippen molar-refractivity contribution in [3.05, 3.63) is 46.2 Å². The Morgan fingerprint density at radius 2 is 1.79 bits per heavy atom. The summed E-state index contributed by atoms with van der Waals surface area (Å²) in [6, 6.07) is 3.66. The van der Waals surface area contributed by atoms with Gasteiger partial charge in [0.05, 0.1) is 23.6 Å². The normalized spacial score (nSPS) is 33.1. The quantitative estimate of drug-likeness (QED) is 0.465. The number of hydrogen-bond acceptors (Lipinski definition) is 9. The molecule has 1 aromatic rings. The van der Waals surface area contributed by atoms with Crippen LogP contribution in [0.1, 0.15) is 24.0 Å². The van der Waals surface area contributed by atoms with Gasteiger partial charge in [-0.1, -0.05) is 19.1 Å². The molecule has 10 nitrogen and oxygen atoms in total. The Labute approximate surface area is 196 Å². The number of aliphatic hydroxyl groups excluding tert-OH is 2. The first-order valence-electron chi connectivity index (χ1n) is 10.8. The van der Waals surface area contributed by atoms with Crippen molar-refractivity contribution in [1.29, 1.82) is 0 Å². The summed E-state index contributed by atoms with van der Waals surface area (Å²) in [4.78, 5) is 41.3. The number of nitrogens with zero attached hydrogens (tertiary/aromatic N) is 1. The van der Waals surface area contributed by atoms with Crippen LogP contribution in [0.4, 0.5) is 0 Å². The minimum Gasteiger partial charge on any atom is -0.508 e. The highest BCUT2D eigenvalue weighted by Gasteiger charge is 2.69. The van der Waals surface area contributed by atoms with Crippen LogP contribution in [0.15, 0.2) is 35.1 Å². The number of ketones is 2. The van der Waals surface area contributed by atoms with Crippen LogP contribution in [0.3, 0.4) is 0 Å². The lowest BCUT2D eigenvalue weighted by atomic mass is 9.54. The smallest absolute Gasteiger partial charge is 0.255 e. The summed E-state index contributed by atoms with van der Waals surface area (Å²) < 4.78 is 11.5. The van der Waals surface area contributed by atoms with E-state index in [-0.39, 0.29) is 16.9 Å². The Bertz CT molecular complexity index is 1170. The van der Waals surface area contributed by atoms with Crippen molar-refractivity contribution in [3.8, 4) is 5.75 Å². The molecule has 3 aliphatic rings. The van der Waals surface area contributed by atoms with Gasteiger partial charge < -0.3 is 30.5 Å². The number of primary amides is 1. The molecule has 0 spiro atoms. The van der Waals surface area contributed by atoms with Gasteiger partial charge in [-0.3, -0.25) is 19.3 Å². The van der Waals surface area contributed by atoms with Gasteiger partial charge in [0.1, 0.15) is 22.8 Å². The second-order valence-electron chi connectivity index (χ2n) is 9.17. The third kappa shape index (κ3) is 2.76. The Kier molecular flexibility index (Phi) is 5.58. The first-order chi connectivity index (χ1) is 16.0. The zero-order valence-corrected chi connectivity index (χ0v) is 19.5. The summed E-state index contributed by atoms with van der Waals surface area (Å²) >= 11 is 0. The number of nitrogens with two attached hydrogens (primary N) is 1. The molecule has 182 valence electrons. The average molecular weight is 472 g/mol. The predicted octanol–water partition coefficient (Wildman–Crippen LogP) is 0.804. The van der Waals surface area contributed by atoms with Crippen LogP contribution in [-0.4, -0.2) is 83.8 Å². The molecule has 4 rings (SSSR count). The molecule has 0 heterocycles. The molecular weight excluding hydrogens is 444 g/mol. The molecular formula is C24H28N2O8. The number of fused-ring (bicyclic) bond motifs is 3. The van der Waals surface area contributed by atoms with Crippen molar-refractivity contribution < 1.29 is 39.2 Å². The van der Waals surface area contributed by atoms with E-state index in [0.29, 0.717) is 5.56 Å². The number of ether oxygens (including phenoxy) is 2. The monoisotopic (exact) mass is 472 g/mol. The summed E-state index contributed by atoms with van der Waals surface area (Å²) in [7, 11) is 5.77. The van der Waals surface area contributed by atoms with Gasteiger partial charge in [-0.2, -0.15) is 0 Å². The maximum atomic E-state index is 14.2. The Hall–Kier alpha value is -3.21. The highest BCUT2D eigenvalue weighted by atomic mass is 16.5. The average Bonchev–Trinajstić information content (AvgIpc) is 2.76. The molecule has 34 heavy (non-hydrogen) atoms. The summed E-state index contributed by atoms with van der Waals surface area (Å²) in [5.41, 5.74) is 3.06. The van der Waals surface area contributed by atoms with Gasteiger partial charge in [-0.05, 0) is 31.6 Å². The number of carbonyl (C=O) groups is 3. The van der Waals surface area contributed by atoms with Gasteiger partial charge in [0, 0.05) is 25.7 Å². The molecule has 0 aliphatic heterocycles. The maximum absolute atomic E-state index is 14.2. The number of phenolic OH excluding ortho intramolecular Hbond substituents is 1. The molecule has 1 aromatic carbocycles. The standard InChI is InChI=1S/C24H28N2O8/c1-9-10-7-6-8-11(27)13(10)18(28)14-12(9)20(33-4)16-17(26(2)3)19(29)15(23(25)32)22(31)24(16,34-5)21(14)30/h6-9,12,16-17,20,27-28,31H,1-5H3,(H2,25,32)/t9-,12+,16-,17-,20+,24-/m0/s1. The van der Waals surface area contributed by atoms with Crippen LogP contribution in [0.25, 0.3) is 5.76 Å². The number of carbonyl (C=O) groups excluding carboxylic acids is 3. The number of benzene rings is 1. The number of likely N-dealkylation sites (N-methyl/N-ethyl adjacent to an activating group) is 1. The SMILES string of the molecule is CO[C@@H]1[C@H]2C(=C(O)c3c(O)cccc3[C@@H]2C)C(=O)[C@]2(OC)C(O)=C(C(N)=O)C(=O)[C@@H](N(C)C)[C@@H]12. The summed E-state index contributed by atoms with van der Waals surface area (Å²) in [5.74, 6) is -6.60. The Balaban J connectivity index is 2.13. The fourth-order valence-electron chi connectivity index (χ4n) is 6.14. The topological polar surface area (TPSA) is 160 Å². The molecule has 0 bridgehead atoms. The molecule has 3 aliphatic carbocycles. The second-order valence-corrected chi connectivity index (χ2v) is 9.17. The van der Waals surface area contributed by atoms with E-state index in [9.17, 15) is 29.7 Å². The molecule has 1 fully saturated rings. The Morgan fingerprint density at radius 3 is 2.32 bits per heavy atom. The van der Waals surface area contributed by atoms with Crippen LogP contribution < -0.4 is 5.73 Å². The van der Waals surface area contributed by atoms with Gasteiger partial charge in [-0.15, -0.1) is 0 Å². The third-order valence-corrected chi connectivity index (χ3v) is 7.53. The van der Waals surface area contributed by atoms with E-state index in [1.807, 2.05) is 6.92 Å². The molecule has 0 saturated heterocycles. The minimum atomic E-state index is -2.23. The number of methoxy groups -OCH3 is 2. The first-order valence-corrected chi connectivity index (χ1v) is 10.8. The Morgan fingerprint density at radius 1 is 1.15 bits per heavy atom. The van der Waals surface area contributed by atoms with Crippen LogP contribution in [0.2, 0.25) is 0 Å². The van der Waals surface area contributed by atoms with Crippen molar-refractivity contribution in [3.63, 3.8) is 0 Å². The summed E-state index contributed by atoms with van der Waals surface area (Å²) in [6.45, 7) is 1.83. The lowest BCUT2D eigenvalue weighted by Gasteiger charge is -2.56. The number of phenols is 1. The number of aliphatic hydroxyl groups is 2. The molecule has 1 amide bonds. The van der Waals surface area contributed by atoms with Crippen LogP contribution in [0, 0.1) is 11.8 Å². The molecule has 0 aromatic heterocycles. The van der Waals surface area contributed by atoms with Crippen molar-refractivity contribution >= 4 is 23.2 Å². The van der Waals surface area contributed by atoms with Crippen molar-refractivity contribution in [2.24, 2.45) is 17.6 Å². The van der Waals surface area contributed by atoms with E-state index in [1.165, 1.54) is 25.2 Å². The number of aromatic hydroxyl groups is 1. The zero-order chi connectivity index (χ0) is 25.3. The highest BCUT2D eigenvalue weighted by molar-refractivity contribution is 6.24. The van der Waals surface area contributed by atoms with Gasteiger partial charge in [0.15, 0.2) is 11.4 Å². The lowest BCUT2D eigenvalue weighted by molar-refractivity contribution is -0.179. The van der Waals surface area contributed by atoms with Crippen LogP contribution >= 0.6 is 0 Å². The molecule has 0 radical (unpaired) electrons. The summed E-state index contributed by atoms with van der Waals surface area (Å²) in [5, 5.41) is 32.9. The largest absolute Gasteiger partial charge is 0.508 e. The number of amides is 1. The van der Waals surface area contributed by atoms with Crippen molar-refractivity contribution in [2.45, 2.75) is 30.6 Å². The fraction of sp³-hybridized carbons (Fsp3) is 0.458. The highest BCUT2D eigenvalue weighted by Crippen LogP contribution is 2.57. The molecule has 6 atom stereocenters. The predicted molar refractivity (Wildman–Crippen MR) is 120 cm³/mol. The first kappa shape index (κ1) is 23.9. The van der Waals surface area contributed by atoms with E-state index in [2.05, 4.69) is 0 Å². The fourth-order valence-corrected chi connectivity index (χ4v) is 6.14. The number of hydrogen-bond donors (Lipinski definition) is 4. The van der Waals surface area contributed by atoms with Crippen LogP contribution in [-0.2, 0) is 23.9 Å². The van der Waals surface area contributed by atoms with E-state index in [1.54, 1.807) is 26.2 Å². The molecule has 5 N–H and O–H groups in total.